The number of carbonyl (C=O) groups excluding carboxylic acids is 1. The molecule has 0 fully saturated rings. The van der Waals surface area contributed by atoms with Crippen LogP contribution in [0.2, 0.25) is 5.02 Å². The summed E-state index contributed by atoms with van der Waals surface area (Å²) < 4.78 is 57.9. The predicted molar refractivity (Wildman–Crippen MR) is 120 cm³/mol. The highest BCUT2D eigenvalue weighted by Crippen LogP contribution is 2.27. The van der Waals surface area contributed by atoms with E-state index >= 15 is 0 Å². The van der Waals surface area contributed by atoms with Gasteiger partial charge in [-0.2, -0.15) is 0 Å². The topological polar surface area (TPSA) is 75.7 Å². The average molecular weight is 481 g/mol. The minimum Gasteiger partial charge on any atom is -0.496 e. The number of nitrogens with zero attached hydrogens (tertiary/aromatic N) is 1. The van der Waals surface area contributed by atoms with E-state index in [1.807, 2.05) is 0 Å². The third kappa shape index (κ3) is 5.54. The third-order valence-corrected chi connectivity index (χ3v) is 5.98. The van der Waals surface area contributed by atoms with Crippen LogP contribution >= 0.6 is 11.6 Å². The van der Waals surface area contributed by atoms with Crippen LogP contribution in [0.1, 0.15) is 15.9 Å². The molecular formula is C22H19ClF2N2O4S. The number of sulfonamides is 1. The molecule has 3 rings (SSSR count). The average Bonchev–Trinajstić information content (AvgIpc) is 2.74. The van der Waals surface area contributed by atoms with Gasteiger partial charge < -0.3 is 10.1 Å². The fraction of sp³-hybridized carbons (Fsp3) is 0.136. The van der Waals surface area contributed by atoms with Gasteiger partial charge in [0.2, 0.25) is 10.0 Å². The Morgan fingerprint density at radius 2 is 1.75 bits per heavy atom. The number of amides is 1. The Morgan fingerprint density at radius 3 is 2.34 bits per heavy atom. The number of carbonyl (C=O) groups is 1. The molecule has 0 aliphatic rings. The third-order valence-electron chi connectivity index (χ3n) is 4.55. The number of halogens is 3. The normalized spacial score (nSPS) is 11.2. The molecular weight excluding hydrogens is 462 g/mol. The zero-order chi connectivity index (χ0) is 23.5. The summed E-state index contributed by atoms with van der Waals surface area (Å²) in [6.45, 7) is -0.156. The maximum atomic E-state index is 13.3. The van der Waals surface area contributed by atoms with Gasteiger partial charge in [0, 0.05) is 16.8 Å². The van der Waals surface area contributed by atoms with Crippen LogP contribution in [0.15, 0.2) is 60.7 Å². The fourth-order valence-electron chi connectivity index (χ4n) is 2.98. The molecule has 1 N–H and O–H groups in total. The second-order valence-corrected chi connectivity index (χ2v) is 9.17. The Kier molecular flexibility index (Phi) is 7.00. The summed E-state index contributed by atoms with van der Waals surface area (Å²) in [6, 6.07) is 13.3. The first-order chi connectivity index (χ1) is 15.1. The Bertz CT molecular complexity index is 1250. The highest BCUT2D eigenvalue weighted by molar-refractivity contribution is 7.92. The number of benzene rings is 3. The van der Waals surface area contributed by atoms with E-state index in [0.717, 1.165) is 28.8 Å². The summed E-state index contributed by atoms with van der Waals surface area (Å²) in [5.74, 6) is -1.26. The molecule has 0 unspecified atom stereocenters. The molecule has 0 spiro atoms. The van der Waals surface area contributed by atoms with Crippen LogP contribution in [0.4, 0.5) is 20.2 Å². The monoisotopic (exact) mass is 480 g/mol. The minimum atomic E-state index is -3.74. The van der Waals surface area contributed by atoms with Gasteiger partial charge in [-0.05, 0) is 60.7 Å². The van der Waals surface area contributed by atoms with Crippen LogP contribution in [0.3, 0.4) is 0 Å². The maximum absolute atomic E-state index is 13.3. The first-order valence-corrected chi connectivity index (χ1v) is 11.5. The number of methoxy groups -OCH3 is 1. The van der Waals surface area contributed by atoms with Crippen LogP contribution in [0.5, 0.6) is 5.75 Å². The molecule has 3 aromatic carbocycles. The summed E-state index contributed by atoms with van der Waals surface area (Å²) in [5.41, 5.74) is 1.18. The number of hydrogen-bond acceptors (Lipinski definition) is 4. The SMILES string of the molecule is COc1ccc(C(=O)Nc2ccc(F)c(Cl)c2)cc1CN(c1ccc(F)cc1)S(C)(=O)=O. The van der Waals surface area contributed by atoms with Gasteiger partial charge in [0.05, 0.1) is 30.6 Å². The summed E-state index contributed by atoms with van der Waals surface area (Å²) in [5, 5.41) is 2.47. The molecule has 0 aromatic heterocycles. The lowest BCUT2D eigenvalue weighted by atomic mass is 10.1. The lowest BCUT2D eigenvalue weighted by Gasteiger charge is -2.24. The van der Waals surface area contributed by atoms with Gasteiger partial charge in [-0.15, -0.1) is 0 Å². The molecule has 32 heavy (non-hydrogen) atoms. The van der Waals surface area contributed by atoms with Crippen molar-refractivity contribution in [1.29, 1.82) is 0 Å². The Labute approximate surface area is 189 Å². The number of nitrogens with one attached hydrogen (secondary N) is 1. The molecule has 0 radical (unpaired) electrons. The summed E-state index contributed by atoms with van der Waals surface area (Å²) in [4.78, 5) is 12.7. The number of rotatable bonds is 7. The number of ether oxygens (including phenoxy) is 1. The summed E-state index contributed by atoms with van der Waals surface area (Å²) >= 11 is 5.75. The van der Waals surface area contributed by atoms with Crippen molar-refractivity contribution >= 4 is 38.9 Å². The van der Waals surface area contributed by atoms with E-state index in [-0.39, 0.29) is 22.8 Å². The van der Waals surface area contributed by atoms with Gasteiger partial charge in [0.1, 0.15) is 17.4 Å². The molecule has 0 atom stereocenters. The van der Waals surface area contributed by atoms with Crippen molar-refractivity contribution in [3.05, 3.63) is 88.4 Å². The van der Waals surface area contributed by atoms with Crippen molar-refractivity contribution in [1.82, 2.24) is 0 Å². The Balaban J connectivity index is 1.93. The first-order valence-electron chi connectivity index (χ1n) is 9.25. The van der Waals surface area contributed by atoms with Crippen molar-refractivity contribution in [2.75, 3.05) is 23.0 Å². The molecule has 0 aliphatic carbocycles. The highest BCUT2D eigenvalue weighted by Gasteiger charge is 2.21. The van der Waals surface area contributed by atoms with Crippen LogP contribution < -0.4 is 14.4 Å². The van der Waals surface area contributed by atoms with Gasteiger partial charge in [0.25, 0.3) is 5.91 Å². The minimum absolute atomic E-state index is 0.138. The number of anilines is 2. The van der Waals surface area contributed by atoms with Crippen molar-refractivity contribution in [3.63, 3.8) is 0 Å². The van der Waals surface area contributed by atoms with E-state index in [9.17, 15) is 22.0 Å². The van der Waals surface area contributed by atoms with Gasteiger partial charge in [-0.25, -0.2) is 17.2 Å². The first kappa shape index (κ1) is 23.5. The second kappa shape index (κ2) is 9.54. The van der Waals surface area contributed by atoms with Crippen molar-refractivity contribution in [3.8, 4) is 5.75 Å². The van der Waals surface area contributed by atoms with E-state index in [0.29, 0.717) is 17.0 Å². The molecule has 10 heteroatoms. The molecule has 1 amide bonds. The van der Waals surface area contributed by atoms with E-state index in [1.165, 1.54) is 49.6 Å². The molecule has 0 saturated carbocycles. The molecule has 3 aromatic rings. The molecule has 6 nitrogen and oxygen atoms in total. The second-order valence-electron chi connectivity index (χ2n) is 6.86. The van der Waals surface area contributed by atoms with Crippen molar-refractivity contribution < 1.29 is 26.7 Å². The predicted octanol–water partition coefficient (Wildman–Crippen LogP) is 4.85. The van der Waals surface area contributed by atoms with E-state index in [2.05, 4.69) is 5.32 Å². The quantitative estimate of drug-likeness (QED) is 0.524. The standard InChI is InChI=1S/C22H19ClF2N2O4S/c1-31-21-10-3-14(22(28)26-17-6-9-20(25)19(23)12-17)11-15(21)13-27(32(2,29)30)18-7-4-16(24)5-8-18/h3-12H,13H2,1-2H3,(H,26,28). The van der Waals surface area contributed by atoms with Crippen LogP contribution in [0.25, 0.3) is 0 Å². The van der Waals surface area contributed by atoms with Crippen LogP contribution in [-0.2, 0) is 16.6 Å². The van der Waals surface area contributed by atoms with E-state index in [4.69, 9.17) is 16.3 Å². The van der Waals surface area contributed by atoms with Crippen molar-refractivity contribution in [2.45, 2.75) is 6.54 Å². The molecule has 168 valence electrons. The maximum Gasteiger partial charge on any atom is 0.255 e. The van der Waals surface area contributed by atoms with Crippen molar-refractivity contribution in [2.24, 2.45) is 0 Å². The largest absolute Gasteiger partial charge is 0.496 e. The summed E-state index contributed by atoms with van der Waals surface area (Å²) in [7, 11) is -2.32. The van der Waals surface area contributed by atoms with Gasteiger partial charge in [0.15, 0.2) is 0 Å². The Hall–Kier alpha value is -3.17. The lowest BCUT2D eigenvalue weighted by molar-refractivity contribution is 0.102. The van der Waals surface area contributed by atoms with Gasteiger partial charge >= 0.3 is 0 Å². The summed E-state index contributed by atoms with van der Waals surface area (Å²) in [6.07, 6.45) is 1.03. The zero-order valence-electron chi connectivity index (χ0n) is 17.1. The molecule has 0 aliphatic heterocycles. The van der Waals surface area contributed by atoms with Crippen LogP contribution in [-0.4, -0.2) is 27.7 Å². The van der Waals surface area contributed by atoms with E-state index < -0.39 is 27.6 Å². The highest BCUT2D eigenvalue weighted by atomic mass is 35.5. The molecule has 0 bridgehead atoms. The van der Waals surface area contributed by atoms with Gasteiger partial charge in [-0.1, -0.05) is 11.6 Å². The molecule has 0 heterocycles. The van der Waals surface area contributed by atoms with Gasteiger partial charge in [-0.3, -0.25) is 9.10 Å². The lowest BCUT2D eigenvalue weighted by Crippen LogP contribution is -2.29. The molecule has 0 saturated heterocycles. The van der Waals surface area contributed by atoms with Crippen LogP contribution in [0, 0.1) is 11.6 Å². The number of hydrogen-bond donors (Lipinski definition) is 1. The Morgan fingerprint density at radius 1 is 1.06 bits per heavy atom. The zero-order valence-corrected chi connectivity index (χ0v) is 18.7. The fourth-order valence-corrected chi connectivity index (χ4v) is 4.04. The smallest absolute Gasteiger partial charge is 0.255 e. The van der Waals surface area contributed by atoms with E-state index in [1.54, 1.807) is 0 Å².